The Morgan fingerprint density at radius 2 is 1.96 bits per heavy atom. The number of nitrogens with zero attached hydrogens (tertiary/aromatic N) is 1. The molecule has 0 bridgehead atoms. The molecule has 7 heteroatoms. The second kappa shape index (κ2) is 7.12. The Morgan fingerprint density at radius 3 is 2.68 bits per heavy atom. The minimum Gasteiger partial charge on any atom is -0.496 e. The molecule has 4 rings (SSSR count). The lowest BCUT2D eigenvalue weighted by molar-refractivity contribution is -0.155. The largest absolute Gasteiger partial charge is 0.496 e. The van der Waals surface area contributed by atoms with Crippen LogP contribution in [0.5, 0.6) is 5.75 Å². The molecule has 0 spiro atoms. The summed E-state index contributed by atoms with van der Waals surface area (Å²) in [5.74, 6) is 0.569. The Balaban J connectivity index is 1.96. The van der Waals surface area contributed by atoms with Gasteiger partial charge in [-0.3, -0.25) is 4.90 Å². The second-order valence-electron chi connectivity index (χ2n) is 7.19. The van der Waals surface area contributed by atoms with Gasteiger partial charge in [0, 0.05) is 32.7 Å². The molecule has 0 unspecified atom stereocenters. The summed E-state index contributed by atoms with van der Waals surface area (Å²) < 4.78 is 46.7. The van der Waals surface area contributed by atoms with E-state index in [9.17, 15) is 13.2 Å². The summed E-state index contributed by atoms with van der Waals surface area (Å²) in [5.41, 5.74) is 3.53. The quantitative estimate of drug-likeness (QED) is 0.540. The predicted molar refractivity (Wildman–Crippen MR) is 107 cm³/mol. The molecule has 0 amide bonds. The molecule has 0 saturated heterocycles. The lowest BCUT2D eigenvalue weighted by Crippen LogP contribution is -2.47. The fraction of sp³-hybridized carbons (Fsp3) is 0.333. The molecular formula is C21H20BrF3N2O. The van der Waals surface area contributed by atoms with Crippen molar-refractivity contribution in [3.05, 3.63) is 63.8 Å². The van der Waals surface area contributed by atoms with Crippen molar-refractivity contribution >= 4 is 26.8 Å². The third-order valence-corrected chi connectivity index (χ3v) is 5.86. The van der Waals surface area contributed by atoms with Crippen molar-refractivity contribution in [3.8, 4) is 5.75 Å². The van der Waals surface area contributed by atoms with Crippen LogP contribution < -0.4 is 4.74 Å². The average Bonchev–Trinajstić information content (AvgIpc) is 2.99. The van der Waals surface area contributed by atoms with Crippen LogP contribution in [-0.4, -0.2) is 35.8 Å². The van der Waals surface area contributed by atoms with Crippen LogP contribution in [0.3, 0.4) is 0 Å². The van der Waals surface area contributed by atoms with Crippen molar-refractivity contribution in [1.82, 2.24) is 9.88 Å². The lowest BCUT2D eigenvalue weighted by atomic mass is 9.88. The van der Waals surface area contributed by atoms with Gasteiger partial charge >= 0.3 is 6.18 Å². The lowest BCUT2D eigenvalue weighted by Gasteiger charge is -2.41. The highest BCUT2D eigenvalue weighted by atomic mass is 79.9. The molecule has 1 aliphatic heterocycles. The summed E-state index contributed by atoms with van der Waals surface area (Å²) in [6.07, 6.45) is -3.74. The van der Waals surface area contributed by atoms with Crippen LogP contribution in [0.4, 0.5) is 13.2 Å². The number of fused-ring (bicyclic) bond motifs is 3. The monoisotopic (exact) mass is 452 g/mol. The number of para-hydroxylation sites is 1. The van der Waals surface area contributed by atoms with Gasteiger partial charge in [-0.2, -0.15) is 13.2 Å². The fourth-order valence-corrected chi connectivity index (χ4v) is 4.59. The number of rotatable bonds is 3. The molecule has 148 valence electrons. The van der Waals surface area contributed by atoms with Crippen LogP contribution in [0, 0.1) is 0 Å². The van der Waals surface area contributed by atoms with E-state index in [0.29, 0.717) is 17.7 Å². The Labute approximate surface area is 169 Å². The van der Waals surface area contributed by atoms with Crippen LogP contribution in [0.25, 0.3) is 10.9 Å². The zero-order valence-corrected chi connectivity index (χ0v) is 17.1. The van der Waals surface area contributed by atoms with Crippen molar-refractivity contribution in [2.75, 3.05) is 13.7 Å². The molecule has 28 heavy (non-hydrogen) atoms. The maximum absolute atomic E-state index is 13.5. The van der Waals surface area contributed by atoms with Gasteiger partial charge in [-0.15, -0.1) is 0 Å². The fourth-order valence-electron chi connectivity index (χ4n) is 4.21. The van der Waals surface area contributed by atoms with E-state index in [2.05, 4.69) is 20.9 Å². The Morgan fingerprint density at radius 1 is 1.21 bits per heavy atom. The third-order valence-electron chi connectivity index (χ3n) is 5.37. The molecule has 2 atom stereocenters. The molecule has 3 nitrogen and oxygen atoms in total. The molecule has 3 aromatic rings. The summed E-state index contributed by atoms with van der Waals surface area (Å²) in [6.45, 7) is 0.872. The minimum atomic E-state index is -4.30. The molecule has 0 fully saturated rings. The van der Waals surface area contributed by atoms with E-state index >= 15 is 0 Å². The van der Waals surface area contributed by atoms with E-state index in [1.54, 1.807) is 13.2 Å². The Bertz CT molecular complexity index is 1010. The number of aromatic amines is 1. The van der Waals surface area contributed by atoms with E-state index in [1.165, 1.54) is 4.90 Å². The van der Waals surface area contributed by atoms with Crippen LogP contribution in [0.1, 0.15) is 29.8 Å². The number of nitrogens with one attached hydrogen (secondary N) is 1. The predicted octanol–water partition coefficient (Wildman–Crippen LogP) is 5.84. The van der Waals surface area contributed by atoms with Gasteiger partial charge in [-0.25, -0.2) is 0 Å². The number of hydrogen-bond acceptors (Lipinski definition) is 2. The average molecular weight is 453 g/mol. The topological polar surface area (TPSA) is 28.3 Å². The summed E-state index contributed by atoms with van der Waals surface area (Å²) in [7, 11) is 1.54. The smallest absolute Gasteiger partial charge is 0.401 e. The van der Waals surface area contributed by atoms with Crippen LogP contribution in [0.15, 0.2) is 46.9 Å². The normalized spacial score (nSPS) is 20.4. The van der Waals surface area contributed by atoms with Crippen molar-refractivity contribution in [3.63, 3.8) is 0 Å². The standard InChI is InChI=1S/C21H20BrF3N2O/c1-12-9-15-14-5-3-4-6-17(14)26-19(15)20(27(12)11-21(23,24)25)16-10-13(22)7-8-18(16)28-2/h3-8,10,12,20,26H,9,11H2,1-2H3/t12-,20-/m1/s1. The minimum absolute atomic E-state index is 0.276. The van der Waals surface area contributed by atoms with Crippen LogP contribution in [0.2, 0.25) is 0 Å². The van der Waals surface area contributed by atoms with E-state index in [0.717, 1.165) is 26.6 Å². The Hall–Kier alpha value is -1.99. The number of hydrogen-bond donors (Lipinski definition) is 1. The van der Waals surface area contributed by atoms with Gasteiger partial charge in [0.1, 0.15) is 5.75 Å². The van der Waals surface area contributed by atoms with Crippen LogP contribution in [-0.2, 0) is 6.42 Å². The van der Waals surface area contributed by atoms with Gasteiger partial charge in [-0.1, -0.05) is 34.1 Å². The molecule has 0 aliphatic carbocycles. The highest BCUT2D eigenvalue weighted by Gasteiger charge is 2.42. The second-order valence-corrected chi connectivity index (χ2v) is 8.11. The van der Waals surface area contributed by atoms with E-state index in [1.807, 2.05) is 43.3 Å². The summed E-state index contributed by atoms with van der Waals surface area (Å²) in [5, 5.41) is 1.06. The van der Waals surface area contributed by atoms with Gasteiger partial charge in [0.15, 0.2) is 0 Å². The zero-order chi connectivity index (χ0) is 20.1. The first-order valence-electron chi connectivity index (χ1n) is 9.04. The number of halogens is 4. The summed E-state index contributed by atoms with van der Waals surface area (Å²) in [6, 6.07) is 12.5. The van der Waals surface area contributed by atoms with Gasteiger partial charge in [-0.05, 0) is 43.2 Å². The molecule has 0 radical (unpaired) electrons. The van der Waals surface area contributed by atoms with E-state index in [-0.39, 0.29) is 6.04 Å². The maximum Gasteiger partial charge on any atom is 0.401 e. The summed E-state index contributed by atoms with van der Waals surface area (Å²) >= 11 is 3.46. The van der Waals surface area contributed by atoms with Crippen molar-refractivity contribution in [2.45, 2.75) is 31.6 Å². The first kappa shape index (κ1) is 19.3. The number of methoxy groups -OCH3 is 1. The van der Waals surface area contributed by atoms with Gasteiger partial charge in [0.2, 0.25) is 0 Å². The van der Waals surface area contributed by atoms with Gasteiger partial charge in [0.05, 0.1) is 19.7 Å². The number of ether oxygens (including phenoxy) is 1. The Kier molecular flexibility index (Phi) is 4.91. The SMILES string of the molecule is COc1ccc(Br)cc1[C@@H]1c2[nH]c3ccccc3c2C[C@@H](C)N1CC(F)(F)F. The number of aromatic nitrogens is 1. The first-order chi connectivity index (χ1) is 13.3. The molecule has 1 aromatic heterocycles. The van der Waals surface area contributed by atoms with Gasteiger partial charge in [0.25, 0.3) is 0 Å². The zero-order valence-electron chi connectivity index (χ0n) is 15.5. The summed E-state index contributed by atoms with van der Waals surface area (Å²) in [4.78, 5) is 4.91. The molecule has 0 saturated carbocycles. The highest BCUT2D eigenvalue weighted by Crippen LogP contribution is 2.45. The molecule has 1 aliphatic rings. The van der Waals surface area contributed by atoms with E-state index in [4.69, 9.17) is 4.74 Å². The number of benzene rings is 2. The molecule has 2 heterocycles. The van der Waals surface area contributed by atoms with Gasteiger partial charge < -0.3 is 9.72 Å². The van der Waals surface area contributed by atoms with Crippen molar-refractivity contribution < 1.29 is 17.9 Å². The van der Waals surface area contributed by atoms with Crippen molar-refractivity contribution in [2.24, 2.45) is 0 Å². The van der Waals surface area contributed by atoms with Crippen LogP contribution >= 0.6 is 15.9 Å². The van der Waals surface area contributed by atoms with Crippen molar-refractivity contribution in [1.29, 1.82) is 0 Å². The maximum atomic E-state index is 13.5. The number of alkyl halides is 3. The number of H-pyrrole nitrogens is 1. The highest BCUT2D eigenvalue weighted by molar-refractivity contribution is 9.10. The molecule has 1 N–H and O–H groups in total. The van der Waals surface area contributed by atoms with E-state index < -0.39 is 18.8 Å². The third kappa shape index (κ3) is 3.42. The molecular weight excluding hydrogens is 433 g/mol. The molecule has 2 aromatic carbocycles. The first-order valence-corrected chi connectivity index (χ1v) is 9.83.